The number of aromatic nitrogens is 4. The molecule has 8 nitrogen and oxygen atoms in total. The number of fused-ring (bicyclic) bond motifs is 1. The maximum Gasteiger partial charge on any atom is 0.224 e. The maximum absolute atomic E-state index is 12.0. The van der Waals surface area contributed by atoms with Gasteiger partial charge in [-0.05, 0) is 37.8 Å². The van der Waals surface area contributed by atoms with E-state index >= 15 is 0 Å². The van der Waals surface area contributed by atoms with Gasteiger partial charge in [0.05, 0.1) is 13.0 Å². The van der Waals surface area contributed by atoms with E-state index in [4.69, 9.17) is 4.74 Å². The number of piperidine rings is 1. The molecule has 2 fully saturated rings. The van der Waals surface area contributed by atoms with Crippen molar-refractivity contribution in [2.24, 2.45) is 0 Å². The van der Waals surface area contributed by atoms with Crippen molar-refractivity contribution >= 4 is 17.4 Å². The molecule has 4 rings (SSSR count). The van der Waals surface area contributed by atoms with Gasteiger partial charge in [0.1, 0.15) is 5.82 Å². The number of hydrogen-bond donors (Lipinski definition) is 1. The number of methoxy groups -OCH3 is 1. The lowest BCUT2D eigenvalue weighted by molar-refractivity contribution is -0.133. The Kier molecular flexibility index (Phi) is 4.52. The highest BCUT2D eigenvalue weighted by molar-refractivity contribution is 5.76. The Balaban J connectivity index is 1.36. The standard InChI is InChI=1S/C17H24N6O2/c1-25-11-8-16(24)22-9-6-13(7-10-22)18-14-4-5-15-19-20-17(12-2-3-12)23(15)21-14/h4-5,12-13H,2-3,6-11H2,1H3,(H,18,21). The van der Waals surface area contributed by atoms with Crippen LogP contribution in [0.15, 0.2) is 12.1 Å². The second-order valence-electron chi connectivity index (χ2n) is 6.86. The molecule has 1 N–H and O–H groups in total. The molecule has 1 saturated heterocycles. The maximum atomic E-state index is 12.0. The first-order chi connectivity index (χ1) is 12.2. The summed E-state index contributed by atoms with van der Waals surface area (Å²) in [6, 6.07) is 4.24. The van der Waals surface area contributed by atoms with Crippen LogP contribution in [-0.4, -0.2) is 63.5 Å². The predicted octanol–water partition coefficient (Wildman–Crippen LogP) is 1.44. The number of carbonyl (C=O) groups is 1. The third-order valence-electron chi connectivity index (χ3n) is 4.95. The SMILES string of the molecule is COCCC(=O)N1CCC(Nc2ccc3nnc(C4CC4)n3n2)CC1. The third kappa shape index (κ3) is 3.58. The summed E-state index contributed by atoms with van der Waals surface area (Å²) in [5, 5.41) is 16.6. The fourth-order valence-electron chi connectivity index (χ4n) is 3.31. The zero-order valence-corrected chi connectivity index (χ0v) is 14.5. The lowest BCUT2D eigenvalue weighted by Gasteiger charge is -2.32. The van der Waals surface area contributed by atoms with Crippen LogP contribution in [0.25, 0.3) is 5.65 Å². The highest BCUT2D eigenvalue weighted by Crippen LogP contribution is 2.38. The van der Waals surface area contributed by atoms with Crippen LogP contribution in [0, 0.1) is 0 Å². The Morgan fingerprint density at radius 3 is 2.76 bits per heavy atom. The normalized spacial score (nSPS) is 18.7. The van der Waals surface area contributed by atoms with E-state index in [1.807, 2.05) is 21.5 Å². The van der Waals surface area contributed by atoms with Gasteiger partial charge in [-0.3, -0.25) is 4.79 Å². The van der Waals surface area contributed by atoms with Crippen LogP contribution in [0.4, 0.5) is 5.82 Å². The van der Waals surface area contributed by atoms with Crippen molar-refractivity contribution in [1.29, 1.82) is 0 Å². The smallest absolute Gasteiger partial charge is 0.224 e. The molecular weight excluding hydrogens is 320 g/mol. The van der Waals surface area contributed by atoms with Crippen molar-refractivity contribution in [2.75, 3.05) is 32.1 Å². The van der Waals surface area contributed by atoms with Crippen LogP contribution in [0.5, 0.6) is 0 Å². The quantitative estimate of drug-likeness (QED) is 0.854. The van der Waals surface area contributed by atoms with E-state index in [2.05, 4.69) is 20.6 Å². The van der Waals surface area contributed by atoms with Gasteiger partial charge in [-0.2, -0.15) is 4.52 Å². The average molecular weight is 344 g/mol. The number of nitrogens with zero attached hydrogens (tertiary/aromatic N) is 5. The Labute approximate surface area is 146 Å². The molecule has 134 valence electrons. The number of hydrogen-bond acceptors (Lipinski definition) is 6. The van der Waals surface area contributed by atoms with E-state index in [-0.39, 0.29) is 5.91 Å². The molecule has 0 radical (unpaired) electrons. The minimum absolute atomic E-state index is 0.179. The topological polar surface area (TPSA) is 84.6 Å². The molecule has 1 saturated carbocycles. The van der Waals surface area contributed by atoms with Crippen molar-refractivity contribution in [3.05, 3.63) is 18.0 Å². The highest BCUT2D eigenvalue weighted by atomic mass is 16.5. The fraction of sp³-hybridized carbons (Fsp3) is 0.647. The minimum atomic E-state index is 0.179. The number of rotatable bonds is 6. The second kappa shape index (κ2) is 6.95. The summed E-state index contributed by atoms with van der Waals surface area (Å²) in [5.74, 6) is 2.51. The number of anilines is 1. The summed E-state index contributed by atoms with van der Waals surface area (Å²) in [6.45, 7) is 2.05. The van der Waals surface area contributed by atoms with Crippen molar-refractivity contribution in [1.82, 2.24) is 24.7 Å². The molecular formula is C17H24N6O2. The molecule has 1 aliphatic heterocycles. The van der Waals surface area contributed by atoms with Gasteiger partial charge in [0.2, 0.25) is 5.91 Å². The van der Waals surface area contributed by atoms with E-state index in [9.17, 15) is 4.79 Å². The lowest BCUT2D eigenvalue weighted by atomic mass is 10.0. The summed E-state index contributed by atoms with van der Waals surface area (Å²) >= 11 is 0. The second-order valence-corrected chi connectivity index (χ2v) is 6.86. The molecule has 1 aliphatic carbocycles. The van der Waals surface area contributed by atoms with E-state index < -0.39 is 0 Å². The van der Waals surface area contributed by atoms with Gasteiger partial charge >= 0.3 is 0 Å². The molecule has 0 unspecified atom stereocenters. The predicted molar refractivity (Wildman–Crippen MR) is 92.5 cm³/mol. The molecule has 0 atom stereocenters. The summed E-state index contributed by atoms with van der Waals surface area (Å²) in [4.78, 5) is 14.0. The number of amides is 1. The van der Waals surface area contributed by atoms with Gasteiger partial charge in [-0.1, -0.05) is 0 Å². The van der Waals surface area contributed by atoms with E-state index in [1.54, 1.807) is 7.11 Å². The Morgan fingerprint density at radius 1 is 1.24 bits per heavy atom. The van der Waals surface area contributed by atoms with Gasteiger partial charge in [0.15, 0.2) is 11.5 Å². The fourth-order valence-corrected chi connectivity index (χ4v) is 3.31. The molecule has 2 aromatic heterocycles. The molecule has 0 aromatic carbocycles. The molecule has 3 heterocycles. The first kappa shape index (κ1) is 16.3. The summed E-state index contributed by atoms with van der Waals surface area (Å²) < 4.78 is 6.85. The molecule has 1 amide bonds. The summed E-state index contributed by atoms with van der Waals surface area (Å²) in [5.41, 5.74) is 0.797. The highest BCUT2D eigenvalue weighted by Gasteiger charge is 2.29. The summed E-state index contributed by atoms with van der Waals surface area (Å²) in [6.07, 6.45) is 4.67. The minimum Gasteiger partial charge on any atom is -0.384 e. The van der Waals surface area contributed by atoms with Crippen LogP contribution in [-0.2, 0) is 9.53 Å². The Morgan fingerprint density at radius 2 is 2.04 bits per heavy atom. The van der Waals surface area contributed by atoms with E-state index in [1.165, 1.54) is 12.8 Å². The van der Waals surface area contributed by atoms with Gasteiger partial charge < -0.3 is 15.0 Å². The molecule has 2 aromatic rings. The number of carbonyl (C=O) groups excluding carboxylic acids is 1. The molecule has 0 bridgehead atoms. The molecule has 25 heavy (non-hydrogen) atoms. The third-order valence-corrected chi connectivity index (χ3v) is 4.95. The van der Waals surface area contributed by atoms with Gasteiger partial charge in [-0.15, -0.1) is 15.3 Å². The van der Waals surface area contributed by atoms with Crippen LogP contribution in [0.2, 0.25) is 0 Å². The average Bonchev–Trinajstić information content (AvgIpc) is 3.40. The molecule has 0 spiro atoms. The number of ether oxygens (including phenoxy) is 1. The van der Waals surface area contributed by atoms with E-state index in [0.717, 1.165) is 43.2 Å². The lowest BCUT2D eigenvalue weighted by Crippen LogP contribution is -2.42. The van der Waals surface area contributed by atoms with Gasteiger partial charge in [-0.25, -0.2) is 0 Å². The van der Waals surface area contributed by atoms with Crippen molar-refractivity contribution in [3.8, 4) is 0 Å². The monoisotopic (exact) mass is 344 g/mol. The largest absolute Gasteiger partial charge is 0.384 e. The number of likely N-dealkylation sites (tertiary alicyclic amines) is 1. The van der Waals surface area contributed by atoms with Crippen LogP contribution in [0.3, 0.4) is 0 Å². The van der Waals surface area contributed by atoms with Crippen molar-refractivity contribution < 1.29 is 9.53 Å². The zero-order chi connectivity index (χ0) is 17.2. The first-order valence-electron chi connectivity index (χ1n) is 9.00. The van der Waals surface area contributed by atoms with Crippen LogP contribution in [0.1, 0.15) is 43.8 Å². The summed E-state index contributed by atoms with van der Waals surface area (Å²) in [7, 11) is 1.62. The van der Waals surface area contributed by atoms with Crippen molar-refractivity contribution in [2.45, 2.75) is 44.1 Å². The zero-order valence-electron chi connectivity index (χ0n) is 14.5. The molecule has 2 aliphatic rings. The van der Waals surface area contributed by atoms with Gasteiger partial charge in [0.25, 0.3) is 0 Å². The number of nitrogens with one attached hydrogen (secondary N) is 1. The van der Waals surface area contributed by atoms with Crippen LogP contribution < -0.4 is 5.32 Å². The van der Waals surface area contributed by atoms with Gasteiger partial charge in [0, 0.05) is 32.2 Å². The van der Waals surface area contributed by atoms with Crippen LogP contribution >= 0.6 is 0 Å². The van der Waals surface area contributed by atoms with Crippen molar-refractivity contribution in [3.63, 3.8) is 0 Å². The Bertz CT molecular complexity index is 749. The first-order valence-corrected chi connectivity index (χ1v) is 9.00. The van der Waals surface area contributed by atoms with E-state index in [0.29, 0.717) is 25.0 Å². The Hall–Kier alpha value is -2.22. The molecule has 8 heteroatoms.